The number of aryl methyl sites for hydroxylation is 1. The second kappa shape index (κ2) is 7.80. The summed E-state index contributed by atoms with van der Waals surface area (Å²) in [6, 6.07) is 15.0. The van der Waals surface area contributed by atoms with E-state index in [-0.39, 0.29) is 4.90 Å². The summed E-state index contributed by atoms with van der Waals surface area (Å²) in [5.74, 6) is -0.631. The number of benzene rings is 2. The first kappa shape index (κ1) is 19.5. The molecule has 0 amide bonds. The van der Waals surface area contributed by atoms with Gasteiger partial charge in [-0.15, -0.1) is 0 Å². The number of carbonyl (C=O) groups excluding carboxylic acids is 1. The molecule has 1 heterocycles. The van der Waals surface area contributed by atoms with Crippen LogP contribution in [0.3, 0.4) is 0 Å². The van der Waals surface area contributed by atoms with Gasteiger partial charge in [-0.2, -0.15) is 4.31 Å². The zero-order valence-electron chi connectivity index (χ0n) is 15.5. The van der Waals surface area contributed by atoms with Gasteiger partial charge in [0.2, 0.25) is 10.0 Å². The number of hydrogen-bond donors (Lipinski definition) is 0. The monoisotopic (exact) mass is 389 g/mol. The molecule has 0 N–H and O–H groups in total. The Balaban J connectivity index is 2.03. The standard InChI is InChI=1S/C20H23NO5S/c1-14-9-11-17(12-10-14)27(23,24)21-18(13-16-7-5-4-6-8-16)26-15(2)19(21)20(22)25-3/h4-12,15,18-19H,13H2,1-3H3/t15-,18+,19-/m1/s1. The molecule has 0 aliphatic carbocycles. The lowest BCUT2D eigenvalue weighted by atomic mass is 10.1. The predicted octanol–water partition coefficient (Wildman–Crippen LogP) is 2.51. The Morgan fingerprint density at radius 1 is 1.11 bits per heavy atom. The topological polar surface area (TPSA) is 72.9 Å². The molecule has 0 spiro atoms. The van der Waals surface area contributed by atoms with Crippen molar-refractivity contribution in [2.75, 3.05) is 7.11 Å². The largest absolute Gasteiger partial charge is 0.468 e. The molecule has 3 rings (SSSR count). The number of hydrogen-bond acceptors (Lipinski definition) is 5. The summed E-state index contributed by atoms with van der Waals surface area (Å²) in [6.07, 6.45) is -1.08. The van der Waals surface area contributed by atoms with E-state index in [0.29, 0.717) is 6.42 Å². The fourth-order valence-corrected chi connectivity index (χ4v) is 4.99. The maximum atomic E-state index is 13.4. The van der Waals surface area contributed by atoms with E-state index in [1.165, 1.54) is 7.11 Å². The van der Waals surface area contributed by atoms with E-state index in [1.54, 1.807) is 31.2 Å². The van der Waals surface area contributed by atoms with Crippen molar-refractivity contribution in [1.29, 1.82) is 0 Å². The number of esters is 1. The van der Waals surface area contributed by atoms with Gasteiger partial charge in [0.1, 0.15) is 6.23 Å². The molecule has 0 saturated carbocycles. The van der Waals surface area contributed by atoms with E-state index >= 15 is 0 Å². The summed E-state index contributed by atoms with van der Waals surface area (Å²) in [4.78, 5) is 12.5. The van der Waals surface area contributed by atoms with Crippen molar-refractivity contribution in [2.45, 2.75) is 43.5 Å². The molecule has 0 bridgehead atoms. The van der Waals surface area contributed by atoms with Crippen LogP contribution in [0.5, 0.6) is 0 Å². The van der Waals surface area contributed by atoms with Crippen molar-refractivity contribution in [3.8, 4) is 0 Å². The van der Waals surface area contributed by atoms with Crippen LogP contribution in [0.4, 0.5) is 0 Å². The quantitative estimate of drug-likeness (QED) is 0.735. The second-order valence-corrected chi connectivity index (χ2v) is 8.44. The van der Waals surface area contributed by atoms with Gasteiger partial charge >= 0.3 is 5.97 Å². The summed E-state index contributed by atoms with van der Waals surface area (Å²) >= 11 is 0. The Morgan fingerprint density at radius 2 is 1.74 bits per heavy atom. The minimum absolute atomic E-state index is 0.123. The highest BCUT2D eigenvalue weighted by Crippen LogP contribution is 2.33. The maximum Gasteiger partial charge on any atom is 0.326 e. The van der Waals surface area contributed by atoms with Crippen molar-refractivity contribution in [1.82, 2.24) is 4.31 Å². The Bertz CT molecular complexity index is 896. The molecule has 1 aliphatic rings. The molecule has 2 aromatic carbocycles. The first-order valence-corrected chi connectivity index (χ1v) is 10.2. The van der Waals surface area contributed by atoms with E-state index in [1.807, 2.05) is 37.3 Å². The van der Waals surface area contributed by atoms with E-state index in [4.69, 9.17) is 9.47 Å². The molecule has 6 nitrogen and oxygen atoms in total. The minimum Gasteiger partial charge on any atom is -0.468 e. The number of rotatable bonds is 5. The van der Waals surface area contributed by atoms with Gasteiger partial charge in [-0.3, -0.25) is 4.79 Å². The predicted molar refractivity (Wildman–Crippen MR) is 100 cm³/mol. The smallest absolute Gasteiger partial charge is 0.326 e. The molecule has 0 radical (unpaired) electrons. The van der Waals surface area contributed by atoms with E-state index < -0.39 is 34.4 Å². The molecular formula is C20H23NO5S. The molecule has 2 aromatic rings. The second-order valence-electron chi connectivity index (χ2n) is 6.60. The number of ether oxygens (including phenoxy) is 2. The van der Waals surface area contributed by atoms with Crippen LogP contribution in [0.2, 0.25) is 0 Å². The number of nitrogens with zero attached hydrogens (tertiary/aromatic N) is 1. The van der Waals surface area contributed by atoms with Crippen LogP contribution >= 0.6 is 0 Å². The first-order valence-electron chi connectivity index (χ1n) is 8.72. The fourth-order valence-electron chi connectivity index (χ4n) is 3.27. The minimum atomic E-state index is -3.95. The number of methoxy groups -OCH3 is 1. The van der Waals surface area contributed by atoms with Gasteiger partial charge in [0.15, 0.2) is 6.04 Å². The van der Waals surface area contributed by atoms with Gasteiger partial charge in [0.25, 0.3) is 0 Å². The van der Waals surface area contributed by atoms with Gasteiger partial charge in [0, 0.05) is 6.42 Å². The van der Waals surface area contributed by atoms with Crippen molar-refractivity contribution < 1.29 is 22.7 Å². The summed E-state index contributed by atoms with van der Waals surface area (Å²) in [7, 11) is -2.71. The average molecular weight is 389 g/mol. The normalized spacial score (nSPS) is 23.3. The zero-order chi connectivity index (χ0) is 19.6. The SMILES string of the molecule is COC(=O)[C@H]1[C@@H](C)O[C@@H](Cc2ccccc2)N1S(=O)(=O)c1ccc(C)cc1. The lowest BCUT2D eigenvalue weighted by molar-refractivity contribution is -0.145. The van der Waals surface area contributed by atoms with Crippen molar-refractivity contribution in [3.05, 3.63) is 65.7 Å². The molecule has 0 unspecified atom stereocenters. The van der Waals surface area contributed by atoms with E-state index in [9.17, 15) is 13.2 Å². The summed E-state index contributed by atoms with van der Waals surface area (Å²) in [5, 5.41) is 0. The molecule has 7 heteroatoms. The van der Waals surface area contributed by atoms with Gasteiger partial charge in [0.05, 0.1) is 18.1 Å². The third kappa shape index (κ3) is 3.90. The van der Waals surface area contributed by atoms with Gasteiger partial charge in [-0.25, -0.2) is 8.42 Å². The Kier molecular flexibility index (Phi) is 5.64. The van der Waals surface area contributed by atoms with Crippen LogP contribution in [-0.2, 0) is 30.7 Å². The zero-order valence-corrected chi connectivity index (χ0v) is 16.3. The highest BCUT2D eigenvalue weighted by atomic mass is 32.2. The molecule has 1 fully saturated rings. The van der Waals surface area contributed by atoms with Crippen LogP contribution in [0.25, 0.3) is 0 Å². The van der Waals surface area contributed by atoms with Crippen LogP contribution in [0.1, 0.15) is 18.1 Å². The van der Waals surface area contributed by atoms with Crippen molar-refractivity contribution >= 4 is 16.0 Å². The molecule has 0 aromatic heterocycles. The maximum absolute atomic E-state index is 13.4. The molecule has 3 atom stereocenters. The van der Waals surface area contributed by atoms with Crippen molar-refractivity contribution in [2.24, 2.45) is 0 Å². The van der Waals surface area contributed by atoms with Gasteiger partial charge in [-0.1, -0.05) is 48.0 Å². The number of carbonyl (C=O) groups is 1. The molecule has 144 valence electrons. The first-order chi connectivity index (χ1) is 12.8. The van der Waals surface area contributed by atoms with Crippen LogP contribution < -0.4 is 0 Å². The third-order valence-electron chi connectivity index (χ3n) is 4.67. The highest BCUT2D eigenvalue weighted by Gasteiger charge is 2.51. The lowest BCUT2D eigenvalue weighted by Crippen LogP contribution is -2.48. The van der Waals surface area contributed by atoms with Crippen molar-refractivity contribution in [3.63, 3.8) is 0 Å². The van der Waals surface area contributed by atoms with Gasteiger partial charge < -0.3 is 9.47 Å². The molecule has 1 aliphatic heterocycles. The third-order valence-corrected chi connectivity index (χ3v) is 6.55. The summed E-state index contributed by atoms with van der Waals surface area (Å²) in [6.45, 7) is 3.57. The van der Waals surface area contributed by atoms with Crippen LogP contribution in [0.15, 0.2) is 59.5 Å². The van der Waals surface area contributed by atoms with E-state index in [2.05, 4.69) is 0 Å². The van der Waals surface area contributed by atoms with E-state index in [0.717, 1.165) is 15.4 Å². The van der Waals surface area contributed by atoms with Crippen LogP contribution in [-0.4, -0.2) is 44.2 Å². The Hall–Kier alpha value is -2.22. The summed E-state index contributed by atoms with van der Waals surface area (Å²) in [5.41, 5.74) is 1.87. The average Bonchev–Trinajstić information content (AvgIpc) is 2.98. The highest BCUT2D eigenvalue weighted by molar-refractivity contribution is 7.89. The fraction of sp³-hybridized carbons (Fsp3) is 0.350. The van der Waals surface area contributed by atoms with Gasteiger partial charge in [-0.05, 0) is 31.5 Å². The number of sulfonamides is 1. The Morgan fingerprint density at radius 3 is 2.33 bits per heavy atom. The lowest BCUT2D eigenvalue weighted by Gasteiger charge is -2.26. The molecular weight excluding hydrogens is 366 g/mol. The van der Waals surface area contributed by atoms with Crippen LogP contribution in [0, 0.1) is 6.92 Å². The Labute approximate surface area is 159 Å². The molecule has 1 saturated heterocycles. The summed E-state index contributed by atoms with van der Waals surface area (Å²) < 4.78 is 38.6. The molecule has 27 heavy (non-hydrogen) atoms.